The summed E-state index contributed by atoms with van der Waals surface area (Å²) in [5.74, 6) is -2.66. The summed E-state index contributed by atoms with van der Waals surface area (Å²) in [5, 5.41) is 2.33. The molecule has 0 aliphatic rings. The Balaban J connectivity index is 1.86. The number of amides is 1. The first-order valence-corrected chi connectivity index (χ1v) is 7.99. The average molecular weight is 402 g/mol. The van der Waals surface area contributed by atoms with Gasteiger partial charge >= 0.3 is 6.18 Å². The highest BCUT2D eigenvalue weighted by Gasteiger charge is 2.37. The first-order chi connectivity index (χ1) is 13.6. The normalized spacial score (nSPS) is 11.3. The van der Waals surface area contributed by atoms with Gasteiger partial charge in [0.1, 0.15) is 19.4 Å². The Morgan fingerprint density at radius 3 is 2.62 bits per heavy atom. The number of hydrogen-bond donors (Lipinski definition) is 3. The molecule has 0 unspecified atom stereocenters. The number of halogens is 4. The molecule has 11 heteroatoms. The number of nitrogens with one attached hydrogen (secondary N) is 2. The molecule has 0 aliphatic carbocycles. The Hall–Kier alpha value is -3.63. The lowest BCUT2D eigenvalue weighted by molar-refractivity contribution is -0.141. The molecule has 0 fully saturated rings. The first-order valence-electron chi connectivity index (χ1n) is 7.99. The highest BCUT2D eigenvalue weighted by atomic mass is 19.4. The molecule has 0 atom stereocenters. The summed E-state index contributed by atoms with van der Waals surface area (Å²) in [4.78, 5) is 30.5. The monoisotopic (exact) mass is 402 g/mol. The first kappa shape index (κ1) is 20.1. The molecule has 3 aromatic rings. The molecule has 0 aliphatic heterocycles. The maximum absolute atomic E-state index is 13.7. The Morgan fingerprint density at radius 1 is 1.21 bits per heavy atom. The fraction of sp³-hybridized carbons (Fsp3) is 0.0556. The van der Waals surface area contributed by atoms with E-state index in [1.54, 1.807) is 0 Å². The second kappa shape index (κ2) is 7.42. The number of alkyl halides is 3. The van der Waals surface area contributed by atoms with Gasteiger partial charge in [-0.25, -0.2) is 4.39 Å². The molecule has 0 saturated heterocycles. The van der Waals surface area contributed by atoms with Crippen LogP contribution in [0.5, 0.6) is 0 Å². The third kappa shape index (κ3) is 3.98. The van der Waals surface area contributed by atoms with E-state index in [1.807, 2.05) is 0 Å². The number of aromatic nitrogens is 2. The SMILES string of the molecule is [B]c1ccc(NC(=O)c2cc(C(=O)c3cccnc3C(F)(F)F)c[nH]2)c(N)c1F. The van der Waals surface area contributed by atoms with Crippen LogP contribution in [-0.4, -0.2) is 29.5 Å². The molecule has 3 rings (SSSR count). The van der Waals surface area contributed by atoms with Crippen LogP contribution in [0.2, 0.25) is 0 Å². The lowest BCUT2D eigenvalue weighted by Gasteiger charge is -2.10. The van der Waals surface area contributed by atoms with Gasteiger partial charge in [0.2, 0.25) is 0 Å². The number of carbonyl (C=O) groups is 2. The van der Waals surface area contributed by atoms with Crippen molar-refractivity contribution in [1.82, 2.24) is 9.97 Å². The van der Waals surface area contributed by atoms with Crippen molar-refractivity contribution in [2.45, 2.75) is 6.18 Å². The molecule has 6 nitrogen and oxygen atoms in total. The van der Waals surface area contributed by atoms with Gasteiger partial charge in [-0.2, -0.15) is 13.2 Å². The van der Waals surface area contributed by atoms with Gasteiger partial charge in [0.25, 0.3) is 5.91 Å². The molecule has 146 valence electrons. The molecule has 29 heavy (non-hydrogen) atoms. The third-order valence-electron chi connectivity index (χ3n) is 3.97. The van der Waals surface area contributed by atoms with Crippen LogP contribution in [-0.2, 0) is 6.18 Å². The maximum Gasteiger partial charge on any atom is 0.434 e. The highest BCUT2D eigenvalue weighted by Crippen LogP contribution is 2.31. The summed E-state index contributed by atoms with van der Waals surface area (Å²) in [6.45, 7) is 0. The Labute approximate surface area is 162 Å². The van der Waals surface area contributed by atoms with Crippen molar-refractivity contribution in [2.24, 2.45) is 0 Å². The lowest BCUT2D eigenvalue weighted by atomic mass is 9.94. The number of hydrogen-bond acceptors (Lipinski definition) is 4. The molecule has 0 saturated carbocycles. The number of nitrogens with two attached hydrogens (primary N) is 1. The summed E-state index contributed by atoms with van der Waals surface area (Å²) in [6.07, 6.45) is -2.82. The van der Waals surface area contributed by atoms with E-state index in [4.69, 9.17) is 13.6 Å². The fourth-order valence-corrected chi connectivity index (χ4v) is 2.53. The minimum Gasteiger partial charge on any atom is -0.395 e. The zero-order valence-corrected chi connectivity index (χ0v) is 14.5. The van der Waals surface area contributed by atoms with E-state index in [2.05, 4.69) is 15.3 Å². The maximum atomic E-state index is 13.7. The summed E-state index contributed by atoms with van der Waals surface area (Å²) in [6, 6.07) is 5.73. The molecule has 4 N–H and O–H groups in total. The number of anilines is 2. The summed E-state index contributed by atoms with van der Waals surface area (Å²) >= 11 is 0. The van der Waals surface area contributed by atoms with E-state index in [0.717, 1.165) is 24.5 Å². The van der Waals surface area contributed by atoms with E-state index in [0.29, 0.717) is 0 Å². The number of nitrogens with zero attached hydrogens (tertiary/aromatic N) is 1. The number of aromatic amines is 1. The van der Waals surface area contributed by atoms with Gasteiger partial charge in [-0.3, -0.25) is 14.6 Å². The molecular formula is C18H11BF4N4O2. The minimum atomic E-state index is -4.82. The van der Waals surface area contributed by atoms with Crippen LogP contribution in [0, 0.1) is 5.82 Å². The summed E-state index contributed by atoms with van der Waals surface area (Å²) < 4.78 is 52.9. The van der Waals surface area contributed by atoms with E-state index in [-0.39, 0.29) is 28.1 Å². The Bertz CT molecular complexity index is 1110. The molecule has 1 amide bonds. The quantitative estimate of drug-likeness (QED) is 0.270. The number of H-pyrrole nitrogens is 1. The predicted molar refractivity (Wildman–Crippen MR) is 97.6 cm³/mol. The van der Waals surface area contributed by atoms with Gasteiger partial charge in [0.05, 0.1) is 16.9 Å². The van der Waals surface area contributed by atoms with Crippen LogP contribution >= 0.6 is 0 Å². The van der Waals surface area contributed by atoms with Crippen molar-refractivity contribution in [3.8, 4) is 0 Å². The van der Waals surface area contributed by atoms with Crippen LogP contribution in [0.25, 0.3) is 0 Å². The fourth-order valence-electron chi connectivity index (χ4n) is 2.53. The van der Waals surface area contributed by atoms with E-state index >= 15 is 0 Å². The van der Waals surface area contributed by atoms with Crippen molar-refractivity contribution in [3.05, 3.63) is 71.1 Å². The average Bonchev–Trinajstić information content (AvgIpc) is 3.17. The molecular weight excluding hydrogens is 391 g/mol. The molecule has 2 radical (unpaired) electrons. The molecule has 2 heterocycles. The largest absolute Gasteiger partial charge is 0.434 e. The van der Waals surface area contributed by atoms with Gasteiger partial charge in [0, 0.05) is 18.0 Å². The highest BCUT2D eigenvalue weighted by molar-refractivity contribution is 6.33. The Kier molecular flexibility index (Phi) is 5.15. The van der Waals surface area contributed by atoms with Crippen LogP contribution in [0.1, 0.15) is 32.1 Å². The van der Waals surface area contributed by atoms with Crippen molar-refractivity contribution in [2.75, 3.05) is 11.1 Å². The molecule has 2 aromatic heterocycles. The third-order valence-corrected chi connectivity index (χ3v) is 3.97. The number of benzene rings is 1. The van der Waals surface area contributed by atoms with Crippen molar-refractivity contribution in [3.63, 3.8) is 0 Å². The van der Waals surface area contributed by atoms with Gasteiger partial charge in [-0.15, -0.1) is 0 Å². The Morgan fingerprint density at radius 2 is 1.93 bits per heavy atom. The molecule has 0 spiro atoms. The molecule has 1 aromatic carbocycles. The number of rotatable bonds is 4. The van der Waals surface area contributed by atoms with Crippen molar-refractivity contribution >= 4 is 36.4 Å². The number of carbonyl (C=O) groups excluding carboxylic acids is 2. The summed E-state index contributed by atoms with van der Waals surface area (Å²) in [7, 11) is 5.37. The van der Waals surface area contributed by atoms with Crippen molar-refractivity contribution < 1.29 is 27.2 Å². The number of pyridine rings is 1. The van der Waals surface area contributed by atoms with Crippen molar-refractivity contribution in [1.29, 1.82) is 0 Å². The van der Waals surface area contributed by atoms with Gasteiger partial charge in [-0.1, -0.05) is 11.5 Å². The zero-order chi connectivity index (χ0) is 21.3. The van der Waals surface area contributed by atoms with Gasteiger partial charge in [0.15, 0.2) is 11.5 Å². The van der Waals surface area contributed by atoms with Crippen LogP contribution < -0.4 is 16.5 Å². The second-order valence-corrected chi connectivity index (χ2v) is 5.91. The topological polar surface area (TPSA) is 101 Å². The standard InChI is InChI=1S/C18H11BF4N4O2/c19-10-3-4-11(14(24)13(10)20)27-17(29)12-6-8(7-26-12)15(28)9-2-1-5-25-16(9)18(21,22)23/h1-7,26H,24H2,(H,27,29). The number of ketones is 1. The van der Waals surface area contributed by atoms with Crippen LogP contribution in [0.3, 0.4) is 0 Å². The van der Waals surface area contributed by atoms with E-state index in [9.17, 15) is 27.2 Å². The van der Waals surface area contributed by atoms with Crippen LogP contribution in [0.4, 0.5) is 28.9 Å². The minimum absolute atomic E-state index is 0.0595. The predicted octanol–water partition coefficient (Wildman–Crippen LogP) is 2.43. The second-order valence-electron chi connectivity index (χ2n) is 5.91. The van der Waals surface area contributed by atoms with Crippen LogP contribution in [0.15, 0.2) is 42.7 Å². The zero-order valence-electron chi connectivity index (χ0n) is 14.5. The van der Waals surface area contributed by atoms with Gasteiger partial charge < -0.3 is 16.0 Å². The summed E-state index contributed by atoms with van der Waals surface area (Å²) in [5.41, 5.74) is 2.58. The molecule has 0 bridgehead atoms. The van der Waals surface area contributed by atoms with E-state index < -0.39 is 34.9 Å². The number of nitrogen functional groups attached to an aromatic ring is 1. The smallest absolute Gasteiger partial charge is 0.395 e. The lowest BCUT2D eigenvalue weighted by Crippen LogP contribution is -2.18. The van der Waals surface area contributed by atoms with Gasteiger partial charge in [-0.05, 0) is 24.3 Å². The van der Waals surface area contributed by atoms with E-state index in [1.165, 1.54) is 18.2 Å².